The first-order valence-corrected chi connectivity index (χ1v) is 16.1. The lowest BCUT2D eigenvalue weighted by Crippen LogP contribution is -2.14. The number of hydrogen-bond acceptors (Lipinski definition) is 9. The number of hydrogen-bond donors (Lipinski definition) is 3. The first-order valence-electron chi connectivity index (χ1n) is 15.0. The van der Waals surface area contributed by atoms with Gasteiger partial charge in [-0.05, 0) is 63.1 Å². The summed E-state index contributed by atoms with van der Waals surface area (Å²) in [6.07, 6.45) is 0.774. The van der Waals surface area contributed by atoms with Crippen molar-refractivity contribution in [3.05, 3.63) is 91.8 Å². The normalized spacial score (nSPS) is 13.1. The summed E-state index contributed by atoms with van der Waals surface area (Å²) in [6, 6.07) is 11.5. The van der Waals surface area contributed by atoms with Gasteiger partial charge in [-0.3, -0.25) is 19.1 Å². The van der Waals surface area contributed by atoms with Crippen LogP contribution in [0.2, 0.25) is 5.02 Å². The second-order valence-corrected chi connectivity index (χ2v) is 12.5. The van der Waals surface area contributed by atoms with Gasteiger partial charge in [0.15, 0.2) is 5.82 Å². The van der Waals surface area contributed by atoms with Crippen LogP contribution < -0.4 is 11.1 Å². The molecule has 0 bridgehead atoms. The molecule has 1 aliphatic rings. The molecule has 2 aromatic heterocycles. The molecule has 11 nitrogen and oxygen atoms in total. The highest BCUT2D eigenvalue weighted by atomic mass is 35.5. The minimum absolute atomic E-state index is 0. The van der Waals surface area contributed by atoms with Crippen molar-refractivity contribution >= 4 is 64.6 Å². The van der Waals surface area contributed by atoms with Crippen molar-refractivity contribution in [2.45, 2.75) is 52.5 Å². The zero-order chi connectivity index (χ0) is 33.7. The number of carboxylic acid groups (broad SMARTS) is 1. The molecule has 0 unspecified atom stereocenters. The summed E-state index contributed by atoms with van der Waals surface area (Å²) < 4.78 is 7.60. The maximum Gasteiger partial charge on any atom is 0.336 e. The van der Waals surface area contributed by atoms with Crippen LogP contribution in [0.25, 0.3) is 5.00 Å². The van der Waals surface area contributed by atoms with E-state index >= 15 is 0 Å². The van der Waals surface area contributed by atoms with Crippen molar-refractivity contribution in [2.75, 3.05) is 18.5 Å². The van der Waals surface area contributed by atoms with Gasteiger partial charge in [-0.15, -0.1) is 33.9 Å². The van der Waals surface area contributed by atoms with Crippen LogP contribution in [-0.4, -0.2) is 56.6 Å². The highest BCUT2D eigenvalue weighted by molar-refractivity contribution is 7.15. The number of thiophene rings is 1. The molecule has 3 heterocycles. The van der Waals surface area contributed by atoms with Gasteiger partial charge in [-0.2, -0.15) is 0 Å². The van der Waals surface area contributed by atoms with E-state index in [2.05, 4.69) is 41.2 Å². The van der Waals surface area contributed by atoms with E-state index in [9.17, 15) is 19.5 Å². The number of carbonyl (C=O) groups excluding carboxylic acids is 2. The SMILES string of the molecule is Cc1sc2c(c1C)C(c1ccc(Cl)cc1)=N[C@@H](CCOC(=O)CCCC(=O)Nc1ccc(C(=O)O)c(C#CCN)c1)c1nnc(C)n1-2.Cl. The predicted molar refractivity (Wildman–Crippen MR) is 188 cm³/mol. The van der Waals surface area contributed by atoms with Crippen molar-refractivity contribution in [3.63, 3.8) is 0 Å². The Morgan fingerprint density at radius 1 is 1.10 bits per heavy atom. The summed E-state index contributed by atoms with van der Waals surface area (Å²) >= 11 is 7.86. The van der Waals surface area contributed by atoms with Gasteiger partial charge in [0, 0.05) is 51.5 Å². The van der Waals surface area contributed by atoms with Crippen molar-refractivity contribution in [3.8, 4) is 16.8 Å². The van der Waals surface area contributed by atoms with E-state index in [1.165, 1.54) is 23.1 Å². The Labute approximate surface area is 293 Å². The van der Waals surface area contributed by atoms with E-state index in [4.69, 9.17) is 27.1 Å². The lowest BCUT2D eigenvalue weighted by Gasteiger charge is -2.13. The first-order chi connectivity index (χ1) is 22.6. The quantitative estimate of drug-likeness (QED) is 0.134. The summed E-state index contributed by atoms with van der Waals surface area (Å²) in [5.74, 6) is 4.87. The van der Waals surface area contributed by atoms with E-state index in [0.717, 1.165) is 33.2 Å². The van der Waals surface area contributed by atoms with Gasteiger partial charge in [0.2, 0.25) is 5.91 Å². The molecule has 0 radical (unpaired) electrons. The molecule has 0 saturated carbocycles. The maximum atomic E-state index is 12.6. The topological polar surface area (TPSA) is 162 Å². The number of aliphatic imine (C=N–C) groups is 1. The van der Waals surface area contributed by atoms with E-state index in [1.807, 2.05) is 35.8 Å². The average molecular weight is 710 g/mol. The lowest BCUT2D eigenvalue weighted by atomic mass is 9.99. The summed E-state index contributed by atoms with van der Waals surface area (Å²) in [7, 11) is 0. The van der Waals surface area contributed by atoms with Gasteiger partial charge >= 0.3 is 11.9 Å². The molecule has 1 aliphatic heterocycles. The minimum Gasteiger partial charge on any atom is -0.478 e. The zero-order valence-electron chi connectivity index (χ0n) is 26.5. The molecule has 0 fully saturated rings. The van der Waals surface area contributed by atoms with Crippen LogP contribution in [0.15, 0.2) is 47.5 Å². The van der Waals surface area contributed by atoms with Crippen LogP contribution in [0.1, 0.15) is 80.9 Å². The molecule has 0 saturated heterocycles. The Bertz CT molecular complexity index is 1940. The number of fused-ring (bicyclic) bond motifs is 3. The molecule has 1 atom stereocenters. The van der Waals surface area contributed by atoms with E-state index < -0.39 is 18.0 Å². The lowest BCUT2D eigenvalue weighted by molar-refractivity contribution is -0.144. The number of nitrogens with zero attached hydrogens (tertiary/aromatic N) is 4. The summed E-state index contributed by atoms with van der Waals surface area (Å²) in [5.41, 5.74) is 9.96. The highest BCUT2D eigenvalue weighted by Gasteiger charge is 2.31. The van der Waals surface area contributed by atoms with E-state index in [0.29, 0.717) is 23.0 Å². The summed E-state index contributed by atoms with van der Waals surface area (Å²) in [6.45, 7) is 6.25. The molecule has 1 amide bonds. The van der Waals surface area contributed by atoms with E-state index in [-0.39, 0.29) is 61.9 Å². The summed E-state index contributed by atoms with van der Waals surface area (Å²) in [5, 5.41) is 22.5. The van der Waals surface area contributed by atoms with Crippen LogP contribution in [0.3, 0.4) is 0 Å². The molecular weight excluding hydrogens is 675 g/mol. The second kappa shape index (κ2) is 16.0. The molecule has 4 N–H and O–H groups in total. The van der Waals surface area contributed by atoms with Crippen LogP contribution in [0.5, 0.6) is 0 Å². The van der Waals surface area contributed by atoms with Crippen LogP contribution in [-0.2, 0) is 14.3 Å². The number of rotatable bonds is 10. The number of amides is 1. The molecule has 4 aromatic rings. The predicted octanol–water partition coefficient (Wildman–Crippen LogP) is 5.97. The Hall–Kier alpha value is -4.54. The fourth-order valence-corrected chi connectivity index (χ4v) is 6.56. The third-order valence-corrected chi connectivity index (χ3v) is 9.10. The largest absolute Gasteiger partial charge is 0.478 e. The number of benzene rings is 2. The number of nitrogens with one attached hydrogen (secondary N) is 1. The maximum absolute atomic E-state index is 12.6. The third kappa shape index (κ3) is 8.11. The Morgan fingerprint density at radius 2 is 1.85 bits per heavy atom. The number of carboxylic acids is 1. The molecule has 2 aromatic carbocycles. The van der Waals surface area contributed by atoms with Crippen LogP contribution >= 0.6 is 35.3 Å². The smallest absolute Gasteiger partial charge is 0.336 e. The molecule has 0 aliphatic carbocycles. The van der Waals surface area contributed by atoms with Crippen molar-refractivity contribution < 1.29 is 24.2 Å². The van der Waals surface area contributed by atoms with Gasteiger partial charge in [-0.25, -0.2) is 4.79 Å². The number of aromatic carboxylic acids is 1. The molecule has 14 heteroatoms. The average Bonchev–Trinajstić information content (AvgIpc) is 3.51. The Balaban J connectivity index is 0.00000520. The van der Waals surface area contributed by atoms with Gasteiger partial charge in [0.1, 0.15) is 16.9 Å². The fraction of sp³-hybridized carbons (Fsp3) is 0.294. The second-order valence-electron chi connectivity index (χ2n) is 10.9. The number of aromatic nitrogens is 3. The standard InChI is InChI=1S/C34H33ClN6O5S.ClH/c1-19-20(2)47-33-30(19)31(22-9-11-24(35)12-10-22)38-27(32-40-39-21(3)41(32)33)15-17-46-29(43)8-4-7-28(42)37-25-13-14-26(34(44)45)23(18-25)6-5-16-36;/h9-14,18,27H,4,7-8,15-17,36H2,1-3H3,(H,37,42)(H,44,45);1H/t27-;/m0./s1. The van der Waals surface area contributed by atoms with E-state index in [1.54, 1.807) is 11.3 Å². The third-order valence-electron chi connectivity index (χ3n) is 7.66. The Morgan fingerprint density at radius 3 is 2.56 bits per heavy atom. The van der Waals surface area contributed by atoms with Crippen LogP contribution in [0.4, 0.5) is 5.69 Å². The van der Waals surface area contributed by atoms with Gasteiger partial charge < -0.3 is 20.9 Å². The van der Waals surface area contributed by atoms with Crippen molar-refractivity contribution in [1.82, 2.24) is 14.8 Å². The summed E-state index contributed by atoms with van der Waals surface area (Å²) in [4.78, 5) is 42.9. The molecule has 250 valence electrons. The number of nitrogens with two attached hydrogens (primary N) is 1. The number of halogens is 2. The highest BCUT2D eigenvalue weighted by Crippen LogP contribution is 2.39. The number of anilines is 1. The molecular formula is C34H34Cl2N6O5S. The number of aryl methyl sites for hydroxylation is 2. The minimum atomic E-state index is -1.13. The molecule has 5 rings (SSSR count). The van der Waals surface area contributed by atoms with Gasteiger partial charge in [-0.1, -0.05) is 35.6 Å². The number of ether oxygens (including phenoxy) is 1. The van der Waals surface area contributed by atoms with Crippen LogP contribution in [0, 0.1) is 32.6 Å². The Kier molecular flexibility index (Phi) is 12.1. The van der Waals surface area contributed by atoms with Gasteiger partial charge in [0.25, 0.3) is 0 Å². The molecule has 0 spiro atoms. The van der Waals surface area contributed by atoms with Crippen molar-refractivity contribution in [1.29, 1.82) is 0 Å². The van der Waals surface area contributed by atoms with Crippen molar-refractivity contribution in [2.24, 2.45) is 10.7 Å². The van der Waals surface area contributed by atoms with Gasteiger partial charge in [0.05, 0.1) is 24.4 Å². The number of esters is 1. The zero-order valence-corrected chi connectivity index (χ0v) is 28.9. The monoisotopic (exact) mass is 708 g/mol. The first kappa shape index (κ1) is 36.3. The molecule has 48 heavy (non-hydrogen) atoms. The number of carbonyl (C=O) groups is 3. The fourth-order valence-electron chi connectivity index (χ4n) is 5.22.